The molecule has 0 saturated carbocycles. The number of aliphatic hydroxyl groups is 2. The second-order valence-corrected chi connectivity index (χ2v) is 9.07. The molecule has 0 bridgehead atoms. The molecule has 160 valence electrons. The van der Waals surface area contributed by atoms with Crippen LogP contribution >= 0.6 is 22.9 Å². The average molecular weight is 458 g/mol. The number of halogens is 2. The maximum Gasteiger partial charge on any atom is 0.152 e. The first-order valence-corrected chi connectivity index (χ1v) is 10.7. The Morgan fingerprint density at radius 2 is 2.00 bits per heavy atom. The Hall–Kier alpha value is -2.55. The minimum atomic E-state index is -1.38. The molecule has 0 aliphatic rings. The van der Waals surface area contributed by atoms with Crippen LogP contribution in [0.25, 0.3) is 21.3 Å². The summed E-state index contributed by atoms with van der Waals surface area (Å²) in [5.74, 6) is -0.613. The molecule has 2 aromatic carbocycles. The largest absolute Gasteiger partial charge is 0.396 e. The standard InChI is InChI=1S/C23H21ClFN3O2S/c1-23(30,11-29)13-7-8-28-17(10-13)14-4-2-3-12-9-18(31-22(12)14)21(27)19-15(24)5-6-16(26)20(19)25/h2-10,21,29-30H,11,26-27H2,1H3. The highest BCUT2D eigenvalue weighted by Gasteiger charge is 2.24. The van der Waals surface area contributed by atoms with E-state index in [0.29, 0.717) is 11.3 Å². The van der Waals surface area contributed by atoms with Crippen LogP contribution in [-0.2, 0) is 5.60 Å². The molecule has 0 radical (unpaired) electrons. The fourth-order valence-corrected chi connectivity index (χ4v) is 4.91. The van der Waals surface area contributed by atoms with E-state index in [9.17, 15) is 14.6 Å². The SMILES string of the molecule is CC(O)(CO)c1ccnc(-c2cccc3cc(C(N)c4c(Cl)ccc(N)c4F)sc23)c1. The number of hydrogen-bond acceptors (Lipinski definition) is 6. The normalized spacial score (nSPS) is 14.5. The van der Waals surface area contributed by atoms with Crippen molar-refractivity contribution >= 4 is 38.7 Å². The fourth-order valence-electron chi connectivity index (χ4n) is 3.46. The van der Waals surface area contributed by atoms with Crippen LogP contribution in [0.1, 0.15) is 29.0 Å². The molecule has 0 amide bonds. The quantitative estimate of drug-likeness (QED) is 0.328. The Morgan fingerprint density at radius 1 is 1.23 bits per heavy atom. The number of nitrogens with two attached hydrogens (primary N) is 2. The van der Waals surface area contributed by atoms with Gasteiger partial charge in [-0.05, 0) is 48.2 Å². The summed E-state index contributed by atoms with van der Waals surface area (Å²) in [5.41, 5.74) is 12.9. The predicted octanol–water partition coefficient (Wildman–Crippen LogP) is 4.59. The lowest BCUT2D eigenvalue weighted by molar-refractivity contribution is -0.00230. The van der Waals surface area contributed by atoms with Crippen LogP contribution in [0.2, 0.25) is 5.02 Å². The van der Waals surface area contributed by atoms with Crippen molar-refractivity contribution in [2.45, 2.75) is 18.6 Å². The van der Waals surface area contributed by atoms with Crippen LogP contribution in [-0.4, -0.2) is 21.8 Å². The number of aromatic nitrogens is 1. The zero-order valence-corrected chi connectivity index (χ0v) is 18.2. The van der Waals surface area contributed by atoms with Crippen LogP contribution < -0.4 is 11.5 Å². The van der Waals surface area contributed by atoms with Gasteiger partial charge >= 0.3 is 0 Å². The summed E-state index contributed by atoms with van der Waals surface area (Å²) in [6, 6.07) is 13.2. The van der Waals surface area contributed by atoms with Gasteiger partial charge in [0.2, 0.25) is 0 Å². The summed E-state index contributed by atoms with van der Waals surface area (Å²) in [6.45, 7) is 1.13. The highest BCUT2D eigenvalue weighted by molar-refractivity contribution is 7.19. The van der Waals surface area contributed by atoms with Crippen molar-refractivity contribution in [2.75, 3.05) is 12.3 Å². The van der Waals surface area contributed by atoms with Crippen molar-refractivity contribution in [3.63, 3.8) is 0 Å². The average Bonchev–Trinajstić information content (AvgIpc) is 3.21. The van der Waals surface area contributed by atoms with Gasteiger partial charge < -0.3 is 21.7 Å². The monoisotopic (exact) mass is 457 g/mol. The maximum atomic E-state index is 14.6. The summed E-state index contributed by atoms with van der Waals surface area (Å²) in [7, 11) is 0. The molecule has 31 heavy (non-hydrogen) atoms. The predicted molar refractivity (Wildman–Crippen MR) is 124 cm³/mol. The minimum absolute atomic E-state index is 0.00593. The summed E-state index contributed by atoms with van der Waals surface area (Å²) >= 11 is 7.64. The summed E-state index contributed by atoms with van der Waals surface area (Å²) < 4.78 is 15.6. The van der Waals surface area contributed by atoms with Crippen LogP contribution in [0.3, 0.4) is 0 Å². The van der Waals surface area contributed by atoms with Gasteiger partial charge in [0.05, 0.1) is 24.0 Å². The first-order chi connectivity index (χ1) is 14.7. The highest BCUT2D eigenvalue weighted by atomic mass is 35.5. The number of rotatable bonds is 5. The third-order valence-electron chi connectivity index (χ3n) is 5.30. The molecule has 2 atom stereocenters. The second-order valence-electron chi connectivity index (χ2n) is 7.58. The number of fused-ring (bicyclic) bond motifs is 1. The Balaban J connectivity index is 1.82. The summed E-state index contributed by atoms with van der Waals surface area (Å²) in [5, 5.41) is 21.0. The highest BCUT2D eigenvalue weighted by Crippen LogP contribution is 2.40. The van der Waals surface area contributed by atoms with Crippen molar-refractivity contribution in [1.29, 1.82) is 0 Å². The van der Waals surface area contributed by atoms with E-state index >= 15 is 0 Å². The molecule has 2 unspecified atom stereocenters. The lowest BCUT2D eigenvalue weighted by atomic mass is 9.96. The van der Waals surface area contributed by atoms with Crippen LogP contribution in [0, 0.1) is 5.82 Å². The van der Waals surface area contributed by atoms with E-state index < -0.39 is 24.1 Å². The van der Waals surface area contributed by atoms with E-state index in [0.717, 1.165) is 20.5 Å². The van der Waals surface area contributed by atoms with Gasteiger partial charge in [-0.25, -0.2) is 4.39 Å². The first-order valence-electron chi connectivity index (χ1n) is 9.54. The van der Waals surface area contributed by atoms with Gasteiger partial charge in [-0.15, -0.1) is 11.3 Å². The molecule has 5 nitrogen and oxygen atoms in total. The van der Waals surface area contributed by atoms with E-state index in [-0.39, 0.29) is 16.3 Å². The van der Waals surface area contributed by atoms with Crippen LogP contribution in [0.4, 0.5) is 10.1 Å². The number of hydrogen-bond donors (Lipinski definition) is 4. The Kier molecular flexibility index (Phi) is 5.72. The molecule has 4 aromatic rings. The Morgan fingerprint density at radius 3 is 2.74 bits per heavy atom. The number of nitrogen functional groups attached to an aromatic ring is 1. The van der Waals surface area contributed by atoms with E-state index in [2.05, 4.69) is 4.98 Å². The topological polar surface area (TPSA) is 105 Å². The number of thiophene rings is 1. The summed E-state index contributed by atoms with van der Waals surface area (Å²) in [4.78, 5) is 5.17. The van der Waals surface area contributed by atoms with Crippen molar-refractivity contribution in [1.82, 2.24) is 4.98 Å². The molecule has 0 fully saturated rings. The molecular formula is C23H21ClFN3O2S. The molecule has 2 heterocycles. The second kappa shape index (κ2) is 8.18. The van der Waals surface area contributed by atoms with Gasteiger partial charge in [0.1, 0.15) is 5.60 Å². The minimum Gasteiger partial charge on any atom is -0.396 e. The van der Waals surface area contributed by atoms with E-state index in [4.69, 9.17) is 23.1 Å². The molecule has 0 aliphatic carbocycles. The number of nitrogens with zero attached hydrogens (tertiary/aromatic N) is 1. The number of pyridine rings is 1. The molecule has 0 spiro atoms. The maximum absolute atomic E-state index is 14.6. The lowest BCUT2D eigenvalue weighted by Crippen LogP contribution is -2.25. The fraction of sp³-hybridized carbons (Fsp3) is 0.174. The van der Waals surface area contributed by atoms with Gasteiger partial charge in [0.15, 0.2) is 5.82 Å². The zero-order chi connectivity index (χ0) is 22.3. The van der Waals surface area contributed by atoms with Gasteiger partial charge in [0, 0.05) is 31.9 Å². The third kappa shape index (κ3) is 3.91. The smallest absolute Gasteiger partial charge is 0.152 e. The summed E-state index contributed by atoms with van der Waals surface area (Å²) in [6.07, 6.45) is 1.59. The molecule has 4 rings (SSSR count). The van der Waals surface area contributed by atoms with E-state index in [1.54, 1.807) is 25.3 Å². The number of aliphatic hydroxyl groups excluding tert-OH is 1. The number of anilines is 1. The molecule has 2 aromatic heterocycles. The lowest BCUT2D eigenvalue weighted by Gasteiger charge is -2.21. The Bertz CT molecular complexity index is 1280. The molecule has 8 heteroatoms. The van der Waals surface area contributed by atoms with Crippen LogP contribution in [0.15, 0.2) is 54.7 Å². The Labute approximate surface area is 187 Å². The number of benzene rings is 2. The van der Waals surface area contributed by atoms with Crippen molar-refractivity contribution in [3.8, 4) is 11.3 Å². The first kappa shape index (κ1) is 21.7. The molecular weight excluding hydrogens is 437 g/mol. The molecule has 0 aliphatic heterocycles. The molecule has 0 saturated heterocycles. The van der Waals surface area contributed by atoms with Gasteiger partial charge in [0.25, 0.3) is 0 Å². The van der Waals surface area contributed by atoms with Crippen molar-refractivity contribution in [2.24, 2.45) is 5.73 Å². The third-order valence-corrected chi connectivity index (χ3v) is 6.90. The van der Waals surface area contributed by atoms with Gasteiger partial charge in [-0.2, -0.15) is 0 Å². The van der Waals surface area contributed by atoms with Crippen molar-refractivity contribution in [3.05, 3.63) is 81.6 Å². The van der Waals surface area contributed by atoms with Crippen molar-refractivity contribution < 1.29 is 14.6 Å². The van der Waals surface area contributed by atoms with Gasteiger partial charge in [-0.1, -0.05) is 29.8 Å². The van der Waals surface area contributed by atoms with E-state index in [1.807, 2.05) is 24.3 Å². The van der Waals surface area contributed by atoms with E-state index in [1.165, 1.54) is 23.5 Å². The molecule has 6 N–H and O–H groups in total. The van der Waals surface area contributed by atoms with Gasteiger partial charge in [-0.3, -0.25) is 4.98 Å². The van der Waals surface area contributed by atoms with Crippen LogP contribution in [0.5, 0.6) is 0 Å². The zero-order valence-electron chi connectivity index (χ0n) is 16.6.